The van der Waals surface area contributed by atoms with Crippen LogP contribution in [0.4, 0.5) is 0 Å². The van der Waals surface area contributed by atoms with Gasteiger partial charge in [0.15, 0.2) is 0 Å². The van der Waals surface area contributed by atoms with Crippen LogP contribution in [-0.2, 0) is 13.6 Å². The second kappa shape index (κ2) is 8.64. The molecule has 0 radical (unpaired) electrons. The SMILES string of the molecule is CCO[Si](C)(CCC(C)CN=C=O)OCC. The highest BCUT2D eigenvalue weighted by Gasteiger charge is 2.30. The lowest BCUT2D eigenvalue weighted by molar-refractivity contribution is 0.187. The van der Waals surface area contributed by atoms with Crippen molar-refractivity contribution in [2.45, 2.75) is 39.8 Å². The van der Waals surface area contributed by atoms with E-state index >= 15 is 0 Å². The molecule has 0 bridgehead atoms. The van der Waals surface area contributed by atoms with Gasteiger partial charge in [0.05, 0.1) is 6.54 Å². The topological polar surface area (TPSA) is 47.9 Å². The molecule has 4 nitrogen and oxygen atoms in total. The van der Waals surface area contributed by atoms with Crippen molar-refractivity contribution in [3.63, 3.8) is 0 Å². The molecule has 0 aliphatic rings. The smallest absolute Gasteiger partial charge is 0.334 e. The number of rotatable bonds is 9. The van der Waals surface area contributed by atoms with Gasteiger partial charge in [0.25, 0.3) is 0 Å². The van der Waals surface area contributed by atoms with Crippen LogP contribution >= 0.6 is 0 Å². The highest BCUT2D eigenvalue weighted by atomic mass is 28.4. The number of hydrogen-bond donors (Lipinski definition) is 0. The maximum atomic E-state index is 9.98. The molecular weight excluding hydrogens is 222 g/mol. The number of aliphatic imine (C=N–C) groups is 1. The van der Waals surface area contributed by atoms with Gasteiger partial charge < -0.3 is 8.85 Å². The van der Waals surface area contributed by atoms with Crippen molar-refractivity contribution in [1.29, 1.82) is 0 Å². The van der Waals surface area contributed by atoms with Crippen molar-refractivity contribution in [3.05, 3.63) is 0 Å². The van der Waals surface area contributed by atoms with E-state index in [1.54, 1.807) is 6.08 Å². The summed E-state index contributed by atoms with van der Waals surface area (Å²) in [6.07, 6.45) is 2.55. The second-order valence-electron chi connectivity index (χ2n) is 4.08. The number of isocyanates is 1. The first-order valence-corrected chi connectivity index (χ1v) is 8.41. The molecule has 0 fully saturated rings. The maximum absolute atomic E-state index is 9.98. The highest BCUT2D eigenvalue weighted by Crippen LogP contribution is 2.19. The van der Waals surface area contributed by atoms with Crippen molar-refractivity contribution in [1.82, 2.24) is 0 Å². The fourth-order valence-corrected chi connectivity index (χ4v) is 4.20. The Morgan fingerprint density at radius 3 is 2.31 bits per heavy atom. The van der Waals surface area contributed by atoms with Gasteiger partial charge in [-0.15, -0.1) is 0 Å². The maximum Gasteiger partial charge on any atom is 0.334 e. The monoisotopic (exact) mass is 245 g/mol. The lowest BCUT2D eigenvalue weighted by Crippen LogP contribution is -2.39. The summed E-state index contributed by atoms with van der Waals surface area (Å²) in [5, 5.41) is 0. The van der Waals surface area contributed by atoms with Crippen molar-refractivity contribution in [3.8, 4) is 0 Å². The zero-order valence-electron chi connectivity index (χ0n) is 10.8. The fourth-order valence-electron chi connectivity index (χ4n) is 1.59. The van der Waals surface area contributed by atoms with Crippen molar-refractivity contribution >= 4 is 14.6 Å². The Hall–Kier alpha value is -0.483. The van der Waals surface area contributed by atoms with E-state index in [1.165, 1.54) is 0 Å². The summed E-state index contributed by atoms with van der Waals surface area (Å²) in [5.41, 5.74) is 0. The van der Waals surface area contributed by atoms with E-state index in [2.05, 4.69) is 18.5 Å². The molecule has 16 heavy (non-hydrogen) atoms. The van der Waals surface area contributed by atoms with E-state index in [4.69, 9.17) is 8.85 Å². The van der Waals surface area contributed by atoms with Gasteiger partial charge in [-0.05, 0) is 38.8 Å². The molecule has 0 aliphatic heterocycles. The van der Waals surface area contributed by atoms with E-state index in [0.717, 1.165) is 12.5 Å². The minimum atomic E-state index is -1.99. The second-order valence-corrected chi connectivity index (χ2v) is 7.42. The summed E-state index contributed by atoms with van der Waals surface area (Å²) in [6, 6.07) is 0.949. The molecule has 0 rings (SSSR count). The van der Waals surface area contributed by atoms with E-state index in [-0.39, 0.29) is 0 Å². The van der Waals surface area contributed by atoms with Crippen molar-refractivity contribution in [2.24, 2.45) is 10.9 Å². The lowest BCUT2D eigenvalue weighted by Gasteiger charge is -2.26. The summed E-state index contributed by atoms with van der Waals surface area (Å²) >= 11 is 0. The third kappa shape index (κ3) is 6.90. The first-order chi connectivity index (χ1) is 7.58. The molecule has 0 saturated heterocycles. The molecule has 1 unspecified atom stereocenters. The van der Waals surface area contributed by atoms with Gasteiger partial charge in [0.2, 0.25) is 6.08 Å². The predicted octanol–water partition coefficient (Wildman–Crippen LogP) is 2.49. The Balaban J connectivity index is 4.04. The van der Waals surface area contributed by atoms with Crippen LogP contribution in [-0.4, -0.2) is 34.4 Å². The third-order valence-electron chi connectivity index (χ3n) is 2.46. The van der Waals surface area contributed by atoms with E-state index in [0.29, 0.717) is 25.7 Å². The zero-order chi connectivity index (χ0) is 12.4. The summed E-state index contributed by atoms with van der Waals surface area (Å²) in [7, 11) is -1.99. The minimum Gasteiger partial charge on any atom is -0.395 e. The Labute approximate surface area is 99.3 Å². The molecule has 0 aromatic heterocycles. The van der Waals surface area contributed by atoms with Gasteiger partial charge in [0.1, 0.15) is 0 Å². The molecule has 0 saturated carbocycles. The Bertz CT molecular complexity index is 223. The lowest BCUT2D eigenvalue weighted by atomic mass is 10.1. The molecule has 0 spiro atoms. The van der Waals surface area contributed by atoms with Crippen molar-refractivity contribution < 1.29 is 13.6 Å². The quantitative estimate of drug-likeness (QED) is 0.356. The molecule has 1 atom stereocenters. The Kier molecular flexibility index (Phi) is 8.38. The highest BCUT2D eigenvalue weighted by molar-refractivity contribution is 6.66. The van der Waals surface area contributed by atoms with Crippen LogP contribution in [0.5, 0.6) is 0 Å². The molecule has 0 amide bonds. The molecule has 5 heteroatoms. The zero-order valence-corrected chi connectivity index (χ0v) is 11.8. The van der Waals surface area contributed by atoms with Gasteiger partial charge >= 0.3 is 8.56 Å². The summed E-state index contributed by atoms with van der Waals surface area (Å²) in [5.74, 6) is 0.384. The van der Waals surface area contributed by atoms with Crippen LogP contribution in [0.1, 0.15) is 27.2 Å². The molecule has 0 aliphatic carbocycles. The average molecular weight is 245 g/mol. The third-order valence-corrected chi connectivity index (χ3v) is 5.45. The van der Waals surface area contributed by atoms with Gasteiger partial charge in [0, 0.05) is 13.2 Å². The predicted molar refractivity (Wildman–Crippen MR) is 66.4 cm³/mol. The number of carbonyl (C=O) groups excluding carboxylic acids is 1. The summed E-state index contributed by atoms with van der Waals surface area (Å²) < 4.78 is 11.5. The normalized spacial score (nSPS) is 13.2. The molecule has 0 N–H and O–H groups in total. The van der Waals surface area contributed by atoms with Crippen LogP contribution in [0.15, 0.2) is 4.99 Å². The average Bonchev–Trinajstić information content (AvgIpc) is 2.24. The van der Waals surface area contributed by atoms with Gasteiger partial charge in [-0.25, -0.2) is 9.79 Å². The molecule has 0 aromatic rings. The number of nitrogens with zero attached hydrogens (tertiary/aromatic N) is 1. The van der Waals surface area contributed by atoms with Crippen LogP contribution in [0.3, 0.4) is 0 Å². The van der Waals surface area contributed by atoms with Crippen LogP contribution in [0.25, 0.3) is 0 Å². The minimum absolute atomic E-state index is 0.384. The Morgan fingerprint density at radius 2 is 1.88 bits per heavy atom. The van der Waals surface area contributed by atoms with Crippen LogP contribution in [0.2, 0.25) is 12.6 Å². The van der Waals surface area contributed by atoms with Gasteiger partial charge in [-0.3, -0.25) is 0 Å². The standard InChI is InChI=1S/C11H23NO3Si/c1-5-14-16(4,15-6-2)8-7-11(3)9-12-10-13/h11H,5-9H2,1-4H3. The fraction of sp³-hybridized carbons (Fsp3) is 0.909. The Morgan fingerprint density at radius 1 is 1.31 bits per heavy atom. The number of hydrogen-bond acceptors (Lipinski definition) is 4. The first-order valence-electron chi connectivity index (χ1n) is 5.89. The van der Waals surface area contributed by atoms with E-state index in [1.807, 2.05) is 13.8 Å². The van der Waals surface area contributed by atoms with Gasteiger partial charge in [-0.1, -0.05) is 6.92 Å². The molecule has 0 heterocycles. The molecular formula is C11H23NO3Si. The van der Waals surface area contributed by atoms with E-state index in [9.17, 15) is 4.79 Å². The summed E-state index contributed by atoms with van der Waals surface area (Å²) in [4.78, 5) is 13.6. The van der Waals surface area contributed by atoms with E-state index < -0.39 is 8.56 Å². The molecule has 0 aromatic carbocycles. The molecule has 94 valence electrons. The van der Waals surface area contributed by atoms with Crippen LogP contribution in [0, 0.1) is 5.92 Å². The van der Waals surface area contributed by atoms with Gasteiger partial charge in [-0.2, -0.15) is 0 Å². The largest absolute Gasteiger partial charge is 0.395 e. The van der Waals surface area contributed by atoms with Crippen molar-refractivity contribution in [2.75, 3.05) is 19.8 Å². The van der Waals surface area contributed by atoms with Crippen LogP contribution < -0.4 is 0 Å². The first kappa shape index (κ1) is 15.5. The summed E-state index contributed by atoms with van der Waals surface area (Å²) in [6.45, 7) is 10.1.